The van der Waals surface area contributed by atoms with Crippen LogP contribution >= 0.6 is 0 Å². The number of piperidine rings is 1. The van der Waals surface area contributed by atoms with E-state index in [1.165, 1.54) is 11.1 Å². The molecule has 0 spiro atoms. The number of hydrogen-bond donors (Lipinski definition) is 1. The summed E-state index contributed by atoms with van der Waals surface area (Å²) in [6.45, 7) is 5.13. The maximum absolute atomic E-state index is 12.4. The summed E-state index contributed by atoms with van der Waals surface area (Å²) in [5, 5.41) is 0. The molecule has 4 rings (SSSR count). The zero-order chi connectivity index (χ0) is 16.5. The van der Waals surface area contributed by atoms with E-state index in [0.29, 0.717) is 6.04 Å². The second-order valence-corrected chi connectivity index (χ2v) is 6.81. The van der Waals surface area contributed by atoms with Crippen LogP contribution in [0, 0.1) is 6.92 Å². The summed E-state index contributed by atoms with van der Waals surface area (Å²) in [5.41, 5.74) is 4.56. The summed E-state index contributed by atoms with van der Waals surface area (Å²) in [6, 6.07) is 17.1. The van der Waals surface area contributed by atoms with Gasteiger partial charge in [0.1, 0.15) is 0 Å². The third-order valence-electron chi connectivity index (χ3n) is 5.04. The van der Waals surface area contributed by atoms with Gasteiger partial charge in [0, 0.05) is 25.7 Å². The van der Waals surface area contributed by atoms with Crippen LogP contribution < -0.4 is 5.69 Å². The number of fused-ring (bicyclic) bond motifs is 1. The molecule has 4 heteroatoms. The van der Waals surface area contributed by atoms with Crippen molar-refractivity contribution in [2.75, 3.05) is 13.1 Å². The number of aromatic nitrogens is 2. The molecule has 4 nitrogen and oxygen atoms in total. The topological polar surface area (TPSA) is 41.0 Å². The highest BCUT2D eigenvalue weighted by Gasteiger charge is 2.23. The fourth-order valence-corrected chi connectivity index (χ4v) is 3.77. The zero-order valence-corrected chi connectivity index (χ0v) is 14.0. The SMILES string of the molecule is Cc1ccc2[nH]c(=O)n(C3CCN(Cc4ccccc4)CC3)c2c1. The number of nitrogens with one attached hydrogen (secondary N) is 1. The molecule has 0 atom stereocenters. The highest BCUT2D eigenvalue weighted by molar-refractivity contribution is 5.76. The Hall–Kier alpha value is -2.33. The summed E-state index contributed by atoms with van der Waals surface area (Å²) in [4.78, 5) is 17.9. The van der Waals surface area contributed by atoms with Crippen LogP contribution in [0.2, 0.25) is 0 Å². The highest BCUT2D eigenvalue weighted by Crippen LogP contribution is 2.26. The van der Waals surface area contributed by atoms with E-state index < -0.39 is 0 Å². The summed E-state index contributed by atoms with van der Waals surface area (Å²) < 4.78 is 1.97. The van der Waals surface area contributed by atoms with E-state index in [1.54, 1.807) is 0 Å². The van der Waals surface area contributed by atoms with Gasteiger partial charge in [-0.25, -0.2) is 4.79 Å². The Morgan fingerprint density at radius 3 is 2.58 bits per heavy atom. The Bertz CT molecular complexity index is 886. The number of aryl methyl sites for hydroxylation is 1. The molecule has 0 aliphatic carbocycles. The minimum absolute atomic E-state index is 0.0251. The number of H-pyrrole nitrogens is 1. The van der Waals surface area contributed by atoms with Crippen LogP contribution in [-0.4, -0.2) is 27.5 Å². The van der Waals surface area contributed by atoms with Crippen molar-refractivity contribution in [1.82, 2.24) is 14.5 Å². The first kappa shape index (κ1) is 15.2. The van der Waals surface area contributed by atoms with Gasteiger partial charge < -0.3 is 4.98 Å². The normalized spacial score (nSPS) is 16.7. The Balaban J connectivity index is 1.51. The fraction of sp³-hybridized carbons (Fsp3) is 0.350. The first-order valence-corrected chi connectivity index (χ1v) is 8.68. The van der Waals surface area contributed by atoms with Crippen molar-refractivity contribution in [2.45, 2.75) is 32.4 Å². The maximum atomic E-state index is 12.4. The molecule has 2 aromatic carbocycles. The third kappa shape index (κ3) is 2.89. The predicted molar refractivity (Wildman–Crippen MR) is 97.3 cm³/mol. The van der Waals surface area contributed by atoms with Crippen molar-refractivity contribution in [3.05, 3.63) is 70.1 Å². The molecule has 3 aromatic rings. The first-order valence-electron chi connectivity index (χ1n) is 8.68. The fourth-order valence-electron chi connectivity index (χ4n) is 3.77. The van der Waals surface area contributed by atoms with Crippen LogP contribution in [0.15, 0.2) is 53.3 Å². The third-order valence-corrected chi connectivity index (χ3v) is 5.04. The molecule has 1 saturated heterocycles. The van der Waals surface area contributed by atoms with Crippen LogP contribution in [0.3, 0.4) is 0 Å². The van der Waals surface area contributed by atoms with E-state index in [2.05, 4.69) is 53.2 Å². The number of aromatic amines is 1. The molecule has 1 fully saturated rings. The van der Waals surface area contributed by atoms with Gasteiger partial charge in [-0.2, -0.15) is 0 Å². The summed E-state index contributed by atoms with van der Waals surface area (Å²) in [5.74, 6) is 0. The Kier molecular flexibility index (Phi) is 3.98. The lowest BCUT2D eigenvalue weighted by molar-refractivity contribution is 0.180. The minimum atomic E-state index is 0.0251. The number of likely N-dealkylation sites (tertiary alicyclic amines) is 1. The molecule has 0 amide bonds. The van der Waals surface area contributed by atoms with E-state index in [1.807, 2.05) is 16.7 Å². The largest absolute Gasteiger partial charge is 0.326 e. The highest BCUT2D eigenvalue weighted by atomic mass is 16.1. The van der Waals surface area contributed by atoms with E-state index in [9.17, 15) is 4.79 Å². The maximum Gasteiger partial charge on any atom is 0.326 e. The van der Waals surface area contributed by atoms with Crippen molar-refractivity contribution < 1.29 is 0 Å². The standard InChI is InChI=1S/C20H23N3O/c1-15-7-8-18-19(13-15)23(20(24)21-18)17-9-11-22(12-10-17)14-16-5-3-2-4-6-16/h2-8,13,17H,9-12,14H2,1H3,(H,21,24). The molecule has 1 aliphatic heterocycles. The van der Waals surface area contributed by atoms with Gasteiger partial charge in [0.2, 0.25) is 0 Å². The molecule has 1 aromatic heterocycles. The van der Waals surface area contributed by atoms with Crippen LogP contribution in [0.1, 0.15) is 30.0 Å². The Labute approximate surface area is 141 Å². The number of nitrogens with zero attached hydrogens (tertiary/aromatic N) is 2. The quantitative estimate of drug-likeness (QED) is 0.802. The van der Waals surface area contributed by atoms with Gasteiger partial charge in [-0.15, -0.1) is 0 Å². The Morgan fingerprint density at radius 1 is 1.08 bits per heavy atom. The average Bonchev–Trinajstić information content (AvgIpc) is 2.92. The molecule has 24 heavy (non-hydrogen) atoms. The average molecular weight is 321 g/mol. The van der Waals surface area contributed by atoms with Gasteiger partial charge in [-0.3, -0.25) is 9.47 Å². The van der Waals surface area contributed by atoms with E-state index in [-0.39, 0.29) is 5.69 Å². The van der Waals surface area contributed by atoms with Crippen molar-refractivity contribution in [2.24, 2.45) is 0 Å². The van der Waals surface area contributed by atoms with Crippen LogP contribution in [-0.2, 0) is 6.54 Å². The molecular weight excluding hydrogens is 298 g/mol. The van der Waals surface area contributed by atoms with E-state index >= 15 is 0 Å². The van der Waals surface area contributed by atoms with Gasteiger partial charge in [-0.05, 0) is 43.0 Å². The molecule has 124 valence electrons. The number of hydrogen-bond acceptors (Lipinski definition) is 2. The predicted octanol–water partition coefficient (Wildman–Crippen LogP) is 3.48. The van der Waals surface area contributed by atoms with E-state index in [4.69, 9.17) is 0 Å². The molecule has 2 heterocycles. The number of rotatable bonds is 3. The Morgan fingerprint density at radius 2 is 1.83 bits per heavy atom. The monoisotopic (exact) mass is 321 g/mol. The van der Waals surface area contributed by atoms with Crippen LogP contribution in [0.4, 0.5) is 0 Å². The van der Waals surface area contributed by atoms with Gasteiger partial charge in [0.15, 0.2) is 0 Å². The first-order chi connectivity index (χ1) is 11.7. The van der Waals surface area contributed by atoms with Gasteiger partial charge in [-0.1, -0.05) is 36.4 Å². The summed E-state index contributed by atoms with van der Waals surface area (Å²) in [7, 11) is 0. The molecule has 0 saturated carbocycles. The lowest BCUT2D eigenvalue weighted by Crippen LogP contribution is -2.36. The molecule has 0 unspecified atom stereocenters. The van der Waals surface area contributed by atoms with Gasteiger partial charge in [0.25, 0.3) is 0 Å². The van der Waals surface area contributed by atoms with Crippen molar-refractivity contribution in [3.8, 4) is 0 Å². The summed E-state index contributed by atoms with van der Waals surface area (Å²) >= 11 is 0. The lowest BCUT2D eigenvalue weighted by Gasteiger charge is -2.32. The minimum Gasteiger partial charge on any atom is -0.306 e. The zero-order valence-electron chi connectivity index (χ0n) is 14.0. The van der Waals surface area contributed by atoms with Crippen LogP contribution in [0.5, 0.6) is 0 Å². The van der Waals surface area contributed by atoms with Crippen molar-refractivity contribution in [3.63, 3.8) is 0 Å². The molecule has 1 aliphatic rings. The van der Waals surface area contributed by atoms with Crippen molar-refractivity contribution in [1.29, 1.82) is 0 Å². The molecular formula is C20H23N3O. The number of benzene rings is 2. The molecule has 1 N–H and O–H groups in total. The number of imidazole rings is 1. The second-order valence-electron chi connectivity index (χ2n) is 6.81. The van der Waals surface area contributed by atoms with Crippen LogP contribution in [0.25, 0.3) is 11.0 Å². The van der Waals surface area contributed by atoms with E-state index in [0.717, 1.165) is 43.5 Å². The molecule has 0 bridgehead atoms. The van der Waals surface area contributed by atoms with Gasteiger partial charge in [0.05, 0.1) is 11.0 Å². The smallest absolute Gasteiger partial charge is 0.306 e. The molecule has 0 radical (unpaired) electrons. The lowest BCUT2D eigenvalue weighted by atomic mass is 10.0. The van der Waals surface area contributed by atoms with Gasteiger partial charge >= 0.3 is 5.69 Å². The van der Waals surface area contributed by atoms with Crippen molar-refractivity contribution >= 4 is 11.0 Å². The second kappa shape index (κ2) is 6.29. The summed E-state index contributed by atoms with van der Waals surface area (Å²) in [6.07, 6.45) is 2.04.